The van der Waals surface area contributed by atoms with Gasteiger partial charge >= 0.3 is 0 Å². The van der Waals surface area contributed by atoms with Crippen LogP contribution in [0.1, 0.15) is 32.4 Å². The largest absolute Gasteiger partial charge is 0.491 e. The Kier molecular flexibility index (Phi) is 5.15. The Morgan fingerprint density at radius 1 is 1.09 bits per heavy atom. The van der Waals surface area contributed by atoms with Gasteiger partial charge < -0.3 is 4.74 Å². The zero-order valence-electron chi connectivity index (χ0n) is 12.9. The van der Waals surface area contributed by atoms with E-state index in [1.807, 2.05) is 19.9 Å². The number of aromatic nitrogens is 1. The number of hydrogen-bond donors (Lipinski definition) is 1. The molecule has 0 radical (unpaired) electrons. The first-order valence-electron chi connectivity index (χ1n) is 7.07. The van der Waals surface area contributed by atoms with Crippen molar-refractivity contribution in [1.82, 2.24) is 9.71 Å². The van der Waals surface area contributed by atoms with Gasteiger partial charge in [0.05, 0.1) is 11.0 Å². The van der Waals surface area contributed by atoms with E-state index in [4.69, 9.17) is 4.74 Å². The van der Waals surface area contributed by atoms with Crippen LogP contribution in [0.25, 0.3) is 0 Å². The number of nitrogens with zero attached hydrogens (tertiary/aromatic N) is 1. The second-order valence-corrected chi connectivity index (χ2v) is 6.98. The summed E-state index contributed by atoms with van der Waals surface area (Å²) in [7, 11) is -3.59. The number of hydrogen-bond acceptors (Lipinski definition) is 4. The zero-order chi connectivity index (χ0) is 16.2. The van der Waals surface area contributed by atoms with E-state index in [-0.39, 0.29) is 17.0 Å². The van der Waals surface area contributed by atoms with Crippen LogP contribution in [0.5, 0.6) is 5.75 Å². The summed E-state index contributed by atoms with van der Waals surface area (Å²) in [6, 6.07) is 9.64. The highest BCUT2D eigenvalue weighted by molar-refractivity contribution is 7.89. The highest BCUT2D eigenvalue weighted by Crippen LogP contribution is 2.19. The molecule has 0 bridgehead atoms. The molecule has 1 aromatic carbocycles. The molecule has 0 aliphatic carbocycles. The van der Waals surface area contributed by atoms with Gasteiger partial charge in [0.15, 0.2) is 0 Å². The molecular formula is C16H20N2O3S. The van der Waals surface area contributed by atoms with Gasteiger partial charge in [-0.3, -0.25) is 4.98 Å². The molecule has 1 unspecified atom stereocenters. The molecule has 1 N–H and O–H groups in total. The summed E-state index contributed by atoms with van der Waals surface area (Å²) in [5, 5.41) is 0. The molecule has 0 fully saturated rings. The molecule has 0 aliphatic rings. The van der Waals surface area contributed by atoms with Crippen LogP contribution in [-0.2, 0) is 10.0 Å². The molecule has 6 heteroatoms. The summed E-state index contributed by atoms with van der Waals surface area (Å²) < 4.78 is 32.9. The van der Waals surface area contributed by atoms with E-state index in [9.17, 15) is 8.42 Å². The van der Waals surface area contributed by atoms with Gasteiger partial charge in [-0.1, -0.05) is 6.07 Å². The molecule has 5 nitrogen and oxygen atoms in total. The van der Waals surface area contributed by atoms with Gasteiger partial charge in [-0.05, 0) is 56.7 Å². The highest BCUT2D eigenvalue weighted by atomic mass is 32.2. The van der Waals surface area contributed by atoms with E-state index in [0.29, 0.717) is 5.75 Å². The molecular weight excluding hydrogens is 300 g/mol. The van der Waals surface area contributed by atoms with Crippen LogP contribution in [0.2, 0.25) is 0 Å². The minimum Gasteiger partial charge on any atom is -0.491 e. The van der Waals surface area contributed by atoms with E-state index >= 15 is 0 Å². The van der Waals surface area contributed by atoms with Crippen LogP contribution in [-0.4, -0.2) is 19.5 Å². The molecule has 1 aromatic heterocycles. The number of benzene rings is 1. The predicted octanol–water partition coefficient (Wildman–Crippen LogP) is 2.91. The number of rotatable bonds is 6. The van der Waals surface area contributed by atoms with E-state index in [1.54, 1.807) is 37.5 Å². The van der Waals surface area contributed by atoms with Gasteiger partial charge in [-0.15, -0.1) is 0 Å². The van der Waals surface area contributed by atoms with Crippen molar-refractivity contribution >= 4 is 10.0 Å². The van der Waals surface area contributed by atoms with Crippen LogP contribution in [0.15, 0.2) is 53.7 Å². The van der Waals surface area contributed by atoms with Gasteiger partial charge in [0.2, 0.25) is 10.0 Å². The normalized spacial score (nSPS) is 13.1. The first-order valence-corrected chi connectivity index (χ1v) is 8.56. The monoisotopic (exact) mass is 320 g/mol. The topological polar surface area (TPSA) is 68.3 Å². The maximum Gasteiger partial charge on any atom is 0.241 e. The van der Waals surface area contributed by atoms with E-state index in [1.165, 1.54) is 12.1 Å². The molecule has 0 saturated carbocycles. The van der Waals surface area contributed by atoms with Crippen molar-refractivity contribution in [2.45, 2.75) is 37.8 Å². The molecule has 2 aromatic rings. The van der Waals surface area contributed by atoms with E-state index in [2.05, 4.69) is 9.71 Å². The molecule has 1 heterocycles. The molecule has 0 aliphatic heterocycles. The molecule has 0 saturated heterocycles. The highest BCUT2D eigenvalue weighted by Gasteiger charge is 2.18. The van der Waals surface area contributed by atoms with Crippen LogP contribution < -0.4 is 9.46 Å². The Morgan fingerprint density at radius 2 is 1.77 bits per heavy atom. The van der Waals surface area contributed by atoms with Crippen molar-refractivity contribution in [2.75, 3.05) is 0 Å². The lowest BCUT2D eigenvalue weighted by Crippen LogP contribution is -2.26. The Balaban J connectivity index is 2.13. The molecule has 0 spiro atoms. The van der Waals surface area contributed by atoms with E-state index in [0.717, 1.165) is 5.56 Å². The Bertz CT molecular complexity index is 698. The fourth-order valence-electron chi connectivity index (χ4n) is 1.97. The third-order valence-electron chi connectivity index (χ3n) is 3.02. The first kappa shape index (κ1) is 16.5. The third kappa shape index (κ3) is 4.29. The SMILES string of the molecule is CC(C)Oc1ccc(S(=O)(=O)NC(C)c2cccnc2)cc1. The maximum atomic E-state index is 12.4. The van der Waals surface area contributed by atoms with Crippen LogP contribution in [0, 0.1) is 0 Å². The smallest absolute Gasteiger partial charge is 0.241 e. The molecule has 118 valence electrons. The molecule has 1 atom stereocenters. The lowest BCUT2D eigenvalue weighted by atomic mass is 10.2. The summed E-state index contributed by atoms with van der Waals surface area (Å²) in [4.78, 5) is 4.20. The Morgan fingerprint density at radius 3 is 2.32 bits per heavy atom. The summed E-state index contributed by atoms with van der Waals surface area (Å²) >= 11 is 0. The summed E-state index contributed by atoms with van der Waals surface area (Å²) in [6.45, 7) is 5.62. The van der Waals surface area contributed by atoms with Gasteiger partial charge in [0.1, 0.15) is 5.75 Å². The lowest BCUT2D eigenvalue weighted by molar-refractivity contribution is 0.242. The van der Waals surface area contributed by atoms with Crippen molar-refractivity contribution in [2.24, 2.45) is 0 Å². The first-order chi connectivity index (χ1) is 10.4. The van der Waals surface area contributed by atoms with Crippen LogP contribution in [0.4, 0.5) is 0 Å². The summed E-state index contributed by atoms with van der Waals surface area (Å²) in [5.74, 6) is 0.647. The molecule has 22 heavy (non-hydrogen) atoms. The van der Waals surface area contributed by atoms with Gasteiger partial charge in [0.25, 0.3) is 0 Å². The van der Waals surface area contributed by atoms with Crippen molar-refractivity contribution < 1.29 is 13.2 Å². The Labute approximate surface area is 131 Å². The van der Waals surface area contributed by atoms with Crippen molar-refractivity contribution in [3.05, 3.63) is 54.4 Å². The minimum absolute atomic E-state index is 0.0474. The number of ether oxygens (including phenoxy) is 1. The van der Waals surface area contributed by atoms with Crippen molar-refractivity contribution in [3.63, 3.8) is 0 Å². The predicted molar refractivity (Wildman–Crippen MR) is 85.2 cm³/mol. The maximum absolute atomic E-state index is 12.4. The fraction of sp³-hybridized carbons (Fsp3) is 0.312. The summed E-state index contributed by atoms with van der Waals surface area (Å²) in [6.07, 6.45) is 3.34. The van der Waals surface area contributed by atoms with Crippen LogP contribution in [0.3, 0.4) is 0 Å². The second kappa shape index (κ2) is 6.89. The average Bonchev–Trinajstić information content (AvgIpc) is 2.47. The Hall–Kier alpha value is -1.92. The summed E-state index contributed by atoms with van der Waals surface area (Å²) in [5.41, 5.74) is 0.811. The van der Waals surface area contributed by atoms with E-state index < -0.39 is 10.0 Å². The zero-order valence-corrected chi connectivity index (χ0v) is 13.7. The number of nitrogens with one attached hydrogen (secondary N) is 1. The number of pyridine rings is 1. The second-order valence-electron chi connectivity index (χ2n) is 5.27. The fourth-order valence-corrected chi connectivity index (χ4v) is 3.20. The molecule has 2 rings (SSSR count). The van der Waals surface area contributed by atoms with Crippen molar-refractivity contribution in [1.29, 1.82) is 0 Å². The van der Waals surface area contributed by atoms with Gasteiger partial charge in [0, 0.05) is 18.4 Å². The third-order valence-corrected chi connectivity index (χ3v) is 4.58. The van der Waals surface area contributed by atoms with Gasteiger partial charge in [-0.25, -0.2) is 13.1 Å². The minimum atomic E-state index is -3.59. The van der Waals surface area contributed by atoms with Crippen LogP contribution >= 0.6 is 0 Å². The quantitative estimate of drug-likeness (QED) is 0.888. The number of sulfonamides is 1. The molecule has 0 amide bonds. The lowest BCUT2D eigenvalue weighted by Gasteiger charge is -2.15. The van der Waals surface area contributed by atoms with Crippen molar-refractivity contribution in [3.8, 4) is 5.75 Å². The van der Waals surface area contributed by atoms with Gasteiger partial charge in [-0.2, -0.15) is 0 Å². The standard InChI is InChI=1S/C16H20N2O3S/c1-12(2)21-15-6-8-16(9-7-15)22(19,20)18-13(3)14-5-4-10-17-11-14/h4-13,18H,1-3H3. The average molecular weight is 320 g/mol.